The van der Waals surface area contributed by atoms with E-state index < -0.39 is 5.97 Å². The van der Waals surface area contributed by atoms with Crippen molar-refractivity contribution in [2.75, 3.05) is 0 Å². The first kappa shape index (κ1) is 12.2. The maximum absolute atomic E-state index is 11.1. The van der Waals surface area contributed by atoms with Crippen LogP contribution in [0.5, 0.6) is 0 Å². The van der Waals surface area contributed by atoms with Crippen molar-refractivity contribution in [1.82, 2.24) is 20.0 Å². The minimum absolute atomic E-state index is 0.0148. The van der Waals surface area contributed by atoms with Crippen molar-refractivity contribution in [2.24, 2.45) is 0 Å². The number of rotatable bonds is 4. The van der Waals surface area contributed by atoms with Gasteiger partial charge in [0, 0.05) is 6.20 Å². The summed E-state index contributed by atoms with van der Waals surface area (Å²) in [4.78, 5) is 15.3. The number of aromatic nitrogens is 4. The molecule has 18 heavy (non-hydrogen) atoms. The Morgan fingerprint density at radius 2 is 2.22 bits per heavy atom. The van der Waals surface area contributed by atoms with Gasteiger partial charge in [-0.05, 0) is 18.1 Å². The van der Waals surface area contributed by atoms with Crippen molar-refractivity contribution >= 4 is 5.97 Å². The Hall–Kier alpha value is -2.24. The van der Waals surface area contributed by atoms with E-state index in [0.717, 1.165) is 5.69 Å². The van der Waals surface area contributed by atoms with E-state index >= 15 is 0 Å². The zero-order valence-electron chi connectivity index (χ0n) is 10.2. The Morgan fingerprint density at radius 1 is 1.44 bits per heavy atom. The molecule has 0 aromatic carbocycles. The highest BCUT2D eigenvalue weighted by molar-refractivity contribution is 5.86. The van der Waals surface area contributed by atoms with Gasteiger partial charge in [-0.25, -0.2) is 9.48 Å². The number of carbonyl (C=O) groups is 1. The predicted octanol–water partition coefficient (Wildman–Crippen LogP) is 1.54. The van der Waals surface area contributed by atoms with Gasteiger partial charge in [-0.15, -0.1) is 5.10 Å². The minimum Gasteiger partial charge on any atom is -0.476 e. The van der Waals surface area contributed by atoms with Crippen LogP contribution in [0, 0.1) is 0 Å². The molecule has 2 aromatic heterocycles. The minimum atomic E-state index is -1.05. The molecule has 6 nitrogen and oxygen atoms in total. The average Bonchev–Trinajstić information content (AvgIpc) is 2.74. The first-order chi connectivity index (χ1) is 8.59. The topological polar surface area (TPSA) is 80.9 Å². The van der Waals surface area contributed by atoms with Crippen LogP contribution in [0.4, 0.5) is 0 Å². The van der Waals surface area contributed by atoms with Gasteiger partial charge in [0.15, 0.2) is 5.69 Å². The summed E-state index contributed by atoms with van der Waals surface area (Å²) < 4.78 is 1.59. The largest absolute Gasteiger partial charge is 0.476 e. The molecule has 0 amide bonds. The Balaban J connectivity index is 2.37. The second-order valence-electron chi connectivity index (χ2n) is 4.26. The molecule has 0 bridgehead atoms. The number of nitrogens with zero attached hydrogens (tertiary/aromatic N) is 4. The first-order valence-corrected chi connectivity index (χ1v) is 5.66. The molecule has 0 atom stereocenters. The zero-order valence-corrected chi connectivity index (χ0v) is 10.2. The zero-order chi connectivity index (χ0) is 13.1. The van der Waals surface area contributed by atoms with E-state index in [0.29, 0.717) is 12.2 Å². The van der Waals surface area contributed by atoms with Crippen LogP contribution in [-0.4, -0.2) is 31.1 Å². The van der Waals surface area contributed by atoms with E-state index in [1.165, 1.54) is 0 Å². The van der Waals surface area contributed by atoms with Crippen LogP contribution in [0.25, 0.3) is 0 Å². The molecule has 0 saturated heterocycles. The second kappa shape index (κ2) is 4.95. The van der Waals surface area contributed by atoms with E-state index in [4.69, 9.17) is 5.11 Å². The van der Waals surface area contributed by atoms with E-state index in [9.17, 15) is 4.79 Å². The fourth-order valence-electron chi connectivity index (χ4n) is 1.81. The SMILES string of the molecule is CC(C)c1c(C(=O)O)nnn1Cc1ccccn1. The summed E-state index contributed by atoms with van der Waals surface area (Å²) >= 11 is 0. The van der Waals surface area contributed by atoms with Crippen LogP contribution in [-0.2, 0) is 6.54 Å². The molecule has 0 radical (unpaired) electrons. The van der Waals surface area contributed by atoms with E-state index in [1.54, 1.807) is 10.9 Å². The van der Waals surface area contributed by atoms with Crippen LogP contribution in [0.3, 0.4) is 0 Å². The third kappa shape index (κ3) is 2.37. The lowest BCUT2D eigenvalue weighted by molar-refractivity contribution is 0.0688. The van der Waals surface area contributed by atoms with Crippen LogP contribution in [0.1, 0.15) is 41.6 Å². The molecule has 0 spiro atoms. The monoisotopic (exact) mass is 246 g/mol. The molecule has 0 aliphatic heterocycles. The summed E-state index contributed by atoms with van der Waals surface area (Å²) in [6.45, 7) is 4.26. The van der Waals surface area contributed by atoms with Gasteiger partial charge in [0.25, 0.3) is 0 Å². The Morgan fingerprint density at radius 3 is 2.78 bits per heavy atom. The highest BCUT2D eigenvalue weighted by Gasteiger charge is 2.21. The summed E-state index contributed by atoms with van der Waals surface area (Å²) in [6, 6.07) is 5.58. The predicted molar refractivity (Wildman–Crippen MR) is 64.4 cm³/mol. The maximum atomic E-state index is 11.1. The molecule has 0 saturated carbocycles. The van der Waals surface area contributed by atoms with Gasteiger partial charge in [-0.2, -0.15) is 0 Å². The van der Waals surface area contributed by atoms with Gasteiger partial charge in [0.05, 0.1) is 17.9 Å². The lowest BCUT2D eigenvalue weighted by Gasteiger charge is -2.09. The number of hydrogen-bond donors (Lipinski definition) is 1. The fraction of sp³-hybridized carbons (Fsp3) is 0.333. The second-order valence-corrected chi connectivity index (χ2v) is 4.26. The van der Waals surface area contributed by atoms with Gasteiger partial charge in [0.1, 0.15) is 0 Å². The van der Waals surface area contributed by atoms with Crippen molar-refractivity contribution in [1.29, 1.82) is 0 Å². The molecule has 0 unspecified atom stereocenters. The number of aromatic carboxylic acids is 1. The molecular formula is C12H14N4O2. The number of hydrogen-bond acceptors (Lipinski definition) is 4. The molecule has 2 aromatic rings. The summed E-state index contributed by atoms with van der Waals surface area (Å²) in [7, 11) is 0. The number of carboxylic acid groups (broad SMARTS) is 1. The Labute approximate surface area is 104 Å². The van der Waals surface area contributed by atoms with Gasteiger partial charge < -0.3 is 5.11 Å². The lowest BCUT2D eigenvalue weighted by atomic mass is 10.1. The molecule has 0 aliphatic rings. The highest BCUT2D eigenvalue weighted by Crippen LogP contribution is 2.18. The summed E-state index contributed by atoms with van der Waals surface area (Å²) in [6.07, 6.45) is 1.69. The van der Waals surface area contributed by atoms with Gasteiger partial charge in [-0.3, -0.25) is 4.98 Å². The highest BCUT2D eigenvalue weighted by atomic mass is 16.4. The maximum Gasteiger partial charge on any atom is 0.358 e. The first-order valence-electron chi connectivity index (χ1n) is 5.66. The van der Waals surface area contributed by atoms with Crippen molar-refractivity contribution in [3.05, 3.63) is 41.5 Å². The summed E-state index contributed by atoms with van der Waals surface area (Å²) in [5.74, 6) is -1.01. The van der Waals surface area contributed by atoms with E-state index in [2.05, 4.69) is 15.3 Å². The molecule has 2 rings (SSSR count). The quantitative estimate of drug-likeness (QED) is 0.885. The molecule has 2 heterocycles. The van der Waals surface area contributed by atoms with Crippen molar-refractivity contribution in [2.45, 2.75) is 26.3 Å². The smallest absolute Gasteiger partial charge is 0.358 e. The summed E-state index contributed by atoms with van der Waals surface area (Å²) in [5.41, 5.74) is 1.45. The van der Waals surface area contributed by atoms with Crippen LogP contribution < -0.4 is 0 Å². The molecule has 0 aliphatic carbocycles. The van der Waals surface area contributed by atoms with Gasteiger partial charge >= 0.3 is 5.97 Å². The van der Waals surface area contributed by atoms with Crippen molar-refractivity contribution in [3.8, 4) is 0 Å². The summed E-state index contributed by atoms with van der Waals surface area (Å²) in [5, 5.41) is 16.7. The third-order valence-electron chi connectivity index (χ3n) is 2.56. The third-order valence-corrected chi connectivity index (χ3v) is 2.56. The van der Waals surface area contributed by atoms with Crippen LogP contribution >= 0.6 is 0 Å². The van der Waals surface area contributed by atoms with Crippen molar-refractivity contribution < 1.29 is 9.90 Å². The Bertz CT molecular complexity index is 548. The van der Waals surface area contributed by atoms with Crippen LogP contribution in [0.2, 0.25) is 0 Å². The molecule has 6 heteroatoms. The molecule has 0 fully saturated rings. The normalized spacial score (nSPS) is 10.8. The average molecular weight is 246 g/mol. The Kier molecular flexibility index (Phi) is 3.36. The standard InChI is InChI=1S/C12H14N4O2/c1-8(2)11-10(12(17)18)14-15-16(11)7-9-5-3-4-6-13-9/h3-6,8H,7H2,1-2H3,(H,17,18). The van der Waals surface area contributed by atoms with Crippen LogP contribution in [0.15, 0.2) is 24.4 Å². The van der Waals surface area contributed by atoms with Gasteiger partial charge in [-0.1, -0.05) is 25.1 Å². The molecule has 94 valence electrons. The fourth-order valence-corrected chi connectivity index (χ4v) is 1.81. The molecular weight excluding hydrogens is 232 g/mol. The van der Waals surface area contributed by atoms with Crippen molar-refractivity contribution in [3.63, 3.8) is 0 Å². The number of pyridine rings is 1. The molecule has 1 N–H and O–H groups in total. The van der Waals surface area contributed by atoms with E-state index in [-0.39, 0.29) is 11.6 Å². The number of carboxylic acids is 1. The van der Waals surface area contributed by atoms with Gasteiger partial charge in [0.2, 0.25) is 0 Å². The van der Waals surface area contributed by atoms with E-state index in [1.807, 2.05) is 32.0 Å². The lowest BCUT2D eigenvalue weighted by Crippen LogP contribution is -2.11.